The first-order valence-electron chi connectivity index (χ1n) is 8.89. The summed E-state index contributed by atoms with van der Waals surface area (Å²) in [5.41, 5.74) is 2.07. The van der Waals surface area contributed by atoms with Gasteiger partial charge in [-0.3, -0.25) is 4.79 Å². The Bertz CT molecular complexity index is 713. The molecule has 0 atom stereocenters. The van der Waals surface area contributed by atoms with Crippen LogP contribution in [0.1, 0.15) is 6.92 Å². The molecule has 0 radical (unpaired) electrons. The first kappa shape index (κ1) is 19.3. The van der Waals surface area contributed by atoms with Gasteiger partial charge in [-0.1, -0.05) is 22.9 Å². The van der Waals surface area contributed by atoms with E-state index in [1.807, 2.05) is 36.4 Å². The molecule has 1 heterocycles. The van der Waals surface area contributed by atoms with E-state index in [0.717, 1.165) is 47.8 Å². The smallest absolute Gasteiger partial charge is 0.234 e. The van der Waals surface area contributed by atoms with Crippen LogP contribution in [0.25, 0.3) is 0 Å². The highest BCUT2D eigenvalue weighted by atomic mass is 79.9. The molecule has 0 spiro atoms. The number of rotatable bonds is 6. The van der Waals surface area contributed by atoms with Crippen molar-refractivity contribution in [2.75, 3.05) is 48.7 Å². The van der Waals surface area contributed by atoms with Crippen molar-refractivity contribution < 1.29 is 4.79 Å². The van der Waals surface area contributed by atoms with Gasteiger partial charge in [-0.05, 0) is 55.1 Å². The monoisotopic (exact) mass is 433 g/mol. The molecule has 1 aliphatic heterocycles. The Kier molecular flexibility index (Phi) is 7.00. The number of anilines is 2. The molecule has 2 aromatic rings. The lowest BCUT2D eigenvalue weighted by atomic mass is 10.2. The molecule has 26 heavy (non-hydrogen) atoms. The summed E-state index contributed by atoms with van der Waals surface area (Å²) in [4.78, 5) is 18.1. The van der Waals surface area contributed by atoms with Crippen molar-refractivity contribution in [3.8, 4) is 0 Å². The summed E-state index contributed by atoms with van der Waals surface area (Å²) >= 11 is 4.96. The van der Waals surface area contributed by atoms with Crippen molar-refractivity contribution in [3.05, 3.63) is 53.0 Å². The molecule has 138 valence electrons. The van der Waals surface area contributed by atoms with Gasteiger partial charge < -0.3 is 15.1 Å². The first-order valence-corrected chi connectivity index (χ1v) is 10.7. The SMILES string of the molecule is CCN1CCN(c2ccc(NC(=O)CSc3ccc(Br)cc3)cc2)CC1. The van der Waals surface area contributed by atoms with E-state index in [-0.39, 0.29) is 5.91 Å². The minimum Gasteiger partial charge on any atom is -0.369 e. The van der Waals surface area contributed by atoms with Crippen LogP contribution in [0.3, 0.4) is 0 Å². The number of likely N-dealkylation sites (N-methyl/N-ethyl adjacent to an activating group) is 1. The topological polar surface area (TPSA) is 35.6 Å². The second kappa shape index (κ2) is 9.44. The zero-order valence-electron chi connectivity index (χ0n) is 15.0. The van der Waals surface area contributed by atoms with Gasteiger partial charge in [0.05, 0.1) is 5.75 Å². The third-order valence-electron chi connectivity index (χ3n) is 4.52. The van der Waals surface area contributed by atoms with Crippen LogP contribution in [0.2, 0.25) is 0 Å². The minimum atomic E-state index is 0.0160. The second-order valence-electron chi connectivity index (χ2n) is 6.26. The number of nitrogens with zero attached hydrogens (tertiary/aromatic N) is 2. The molecule has 0 aliphatic carbocycles. The molecule has 1 aliphatic rings. The molecule has 0 saturated carbocycles. The van der Waals surface area contributed by atoms with E-state index in [1.165, 1.54) is 17.4 Å². The summed E-state index contributed by atoms with van der Waals surface area (Å²) in [5, 5.41) is 2.97. The number of hydrogen-bond donors (Lipinski definition) is 1. The lowest BCUT2D eigenvalue weighted by molar-refractivity contribution is -0.113. The van der Waals surface area contributed by atoms with E-state index in [2.05, 4.69) is 50.1 Å². The zero-order chi connectivity index (χ0) is 18.4. The largest absolute Gasteiger partial charge is 0.369 e. The molecular weight excluding hydrogens is 410 g/mol. The van der Waals surface area contributed by atoms with Gasteiger partial charge in [0.1, 0.15) is 0 Å². The van der Waals surface area contributed by atoms with Gasteiger partial charge in [-0.25, -0.2) is 0 Å². The van der Waals surface area contributed by atoms with E-state index in [1.54, 1.807) is 0 Å². The number of halogens is 1. The van der Waals surface area contributed by atoms with E-state index < -0.39 is 0 Å². The highest BCUT2D eigenvalue weighted by molar-refractivity contribution is 9.10. The molecule has 1 amide bonds. The average molecular weight is 434 g/mol. The summed E-state index contributed by atoms with van der Waals surface area (Å²) in [6.07, 6.45) is 0. The summed E-state index contributed by atoms with van der Waals surface area (Å²) in [5.74, 6) is 0.421. The number of amides is 1. The van der Waals surface area contributed by atoms with Crippen molar-refractivity contribution in [1.82, 2.24) is 4.90 Å². The van der Waals surface area contributed by atoms with Crippen LogP contribution in [-0.4, -0.2) is 49.3 Å². The van der Waals surface area contributed by atoms with E-state index in [0.29, 0.717) is 5.75 Å². The standard InChI is InChI=1S/C20H24BrN3OS/c1-2-23-11-13-24(14-12-23)18-7-5-17(6-8-18)22-20(25)15-26-19-9-3-16(21)4-10-19/h3-10H,2,11-15H2,1H3,(H,22,25). The Balaban J connectivity index is 1.47. The fraction of sp³-hybridized carbons (Fsp3) is 0.350. The molecular formula is C20H24BrN3OS. The van der Waals surface area contributed by atoms with E-state index in [9.17, 15) is 4.79 Å². The van der Waals surface area contributed by atoms with Crippen LogP contribution < -0.4 is 10.2 Å². The molecule has 0 unspecified atom stereocenters. The second-order valence-corrected chi connectivity index (χ2v) is 8.22. The van der Waals surface area contributed by atoms with Gasteiger partial charge in [-0.2, -0.15) is 0 Å². The van der Waals surface area contributed by atoms with Gasteiger partial charge in [0.2, 0.25) is 5.91 Å². The molecule has 2 aromatic carbocycles. The lowest BCUT2D eigenvalue weighted by Gasteiger charge is -2.35. The summed E-state index contributed by atoms with van der Waals surface area (Å²) in [7, 11) is 0. The molecule has 1 N–H and O–H groups in total. The average Bonchev–Trinajstić information content (AvgIpc) is 2.68. The number of nitrogens with one attached hydrogen (secondary N) is 1. The molecule has 6 heteroatoms. The summed E-state index contributed by atoms with van der Waals surface area (Å²) in [6, 6.07) is 16.2. The zero-order valence-corrected chi connectivity index (χ0v) is 17.4. The number of thioether (sulfide) groups is 1. The van der Waals surface area contributed by atoms with Gasteiger partial charge in [0.25, 0.3) is 0 Å². The number of carbonyl (C=O) groups is 1. The van der Waals surface area contributed by atoms with Crippen LogP contribution in [0, 0.1) is 0 Å². The maximum atomic E-state index is 12.2. The van der Waals surface area contributed by atoms with E-state index in [4.69, 9.17) is 0 Å². The molecule has 4 nitrogen and oxygen atoms in total. The van der Waals surface area contributed by atoms with Crippen LogP contribution in [-0.2, 0) is 4.79 Å². The number of piperazine rings is 1. The maximum Gasteiger partial charge on any atom is 0.234 e. The van der Waals surface area contributed by atoms with Gasteiger partial charge in [0, 0.05) is 46.9 Å². The third-order valence-corrected chi connectivity index (χ3v) is 6.06. The maximum absolute atomic E-state index is 12.2. The highest BCUT2D eigenvalue weighted by Gasteiger charge is 2.15. The van der Waals surface area contributed by atoms with Crippen LogP contribution >= 0.6 is 27.7 Å². The molecule has 0 aromatic heterocycles. The lowest BCUT2D eigenvalue weighted by Crippen LogP contribution is -2.46. The quantitative estimate of drug-likeness (QED) is 0.687. The van der Waals surface area contributed by atoms with Gasteiger partial charge >= 0.3 is 0 Å². The fourth-order valence-electron chi connectivity index (χ4n) is 2.95. The highest BCUT2D eigenvalue weighted by Crippen LogP contribution is 2.22. The predicted octanol–water partition coefficient (Wildman–Crippen LogP) is 4.32. The Morgan fingerprint density at radius 3 is 2.31 bits per heavy atom. The van der Waals surface area contributed by atoms with Crippen molar-refractivity contribution in [2.24, 2.45) is 0 Å². The Labute approximate surface area is 168 Å². The van der Waals surface area contributed by atoms with Crippen molar-refractivity contribution in [3.63, 3.8) is 0 Å². The molecule has 0 bridgehead atoms. The molecule has 3 rings (SSSR count). The summed E-state index contributed by atoms with van der Waals surface area (Å²) in [6.45, 7) is 7.68. The Morgan fingerprint density at radius 2 is 1.69 bits per heavy atom. The third kappa shape index (κ3) is 5.50. The normalized spacial score (nSPS) is 15.1. The van der Waals surface area contributed by atoms with Crippen molar-refractivity contribution >= 4 is 45.0 Å². The van der Waals surface area contributed by atoms with Gasteiger partial charge in [0.15, 0.2) is 0 Å². The first-order chi connectivity index (χ1) is 12.6. The van der Waals surface area contributed by atoms with Crippen LogP contribution in [0.4, 0.5) is 11.4 Å². The molecule has 1 fully saturated rings. The number of benzene rings is 2. The van der Waals surface area contributed by atoms with E-state index >= 15 is 0 Å². The Morgan fingerprint density at radius 1 is 1.04 bits per heavy atom. The predicted molar refractivity (Wildman–Crippen MR) is 114 cm³/mol. The van der Waals surface area contributed by atoms with Crippen molar-refractivity contribution in [1.29, 1.82) is 0 Å². The van der Waals surface area contributed by atoms with Crippen LogP contribution in [0.5, 0.6) is 0 Å². The van der Waals surface area contributed by atoms with Crippen molar-refractivity contribution in [2.45, 2.75) is 11.8 Å². The summed E-state index contributed by atoms with van der Waals surface area (Å²) < 4.78 is 1.04. The number of hydrogen-bond acceptors (Lipinski definition) is 4. The fourth-order valence-corrected chi connectivity index (χ4v) is 3.92. The number of carbonyl (C=O) groups excluding carboxylic acids is 1. The molecule has 1 saturated heterocycles. The van der Waals surface area contributed by atoms with Crippen LogP contribution in [0.15, 0.2) is 57.9 Å². The Hall–Kier alpha value is -1.50. The van der Waals surface area contributed by atoms with Gasteiger partial charge in [-0.15, -0.1) is 11.8 Å². The minimum absolute atomic E-state index is 0.0160.